The number of benzene rings is 1. The van der Waals surface area contributed by atoms with Crippen molar-refractivity contribution in [1.82, 2.24) is 14.9 Å². The van der Waals surface area contributed by atoms with Gasteiger partial charge in [0.15, 0.2) is 0 Å². The zero-order valence-electron chi connectivity index (χ0n) is 15.5. The third kappa shape index (κ3) is 4.20. The van der Waals surface area contributed by atoms with Crippen LogP contribution in [0.3, 0.4) is 0 Å². The number of carbonyl (C=O) groups excluding carboxylic acids is 1. The van der Waals surface area contributed by atoms with Gasteiger partial charge in [0.25, 0.3) is 0 Å². The van der Waals surface area contributed by atoms with Crippen LogP contribution >= 0.6 is 0 Å². The lowest BCUT2D eigenvalue weighted by atomic mass is 10.1. The Morgan fingerprint density at radius 3 is 2.54 bits per heavy atom. The average molecular weight is 352 g/mol. The van der Waals surface area contributed by atoms with E-state index in [2.05, 4.69) is 46.8 Å². The monoisotopic (exact) mass is 352 g/mol. The quantitative estimate of drug-likeness (QED) is 0.704. The van der Waals surface area contributed by atoms with Crippen LogP contribution in [0.15, 0.2) is 41.1 Å². The summed E-state index contributed by atoms with van der Waals surface area (Å²) in [5.41, 5.74) is 4.31. The number of hydrogen-bond acceptors (Lipinski definition) is 4. The summed E-state index contributed by atoms with van der Waals surface area (Å²) in [6.07, 6.45) is 3.71. The summed E-state index contributed by atoms with van der Waals surface area (Å²) in [6, 6.07) is 10.3. The van der Waals surface area contributed by atoms with E-state index in [9.17, 15) is 4.79 Å². The molecule has 0 fully saturated rings. The molecule has 6 nitrogen and oxygen atoms in total. The van der Waals surface area contributed by atoms with Crippen molar-refractivity contribution < 1.29 is 9.32 Å². The Bertz CT molecular complexity index is 858. The van der Waals surface area contributed by atoms with Crippen molar-refractivity contribution in [3.05, 3.63) is 64.7 Å². The van der Waals surface area contributed by atoms with E-state index in [0.29, 0.717) is 25.2 Å². The molecular formula is C20H24N4O2. The molecule has 0 saturated heterocycles. The summed E-state index contributed by atoms with van der Waals surface area (Å²) >= 11 is 0. The fraction of sp³-hybridized carbons (Fsp3) is 0.350. The Morgan fingerprint density at radius 2 is 1.88 bits per heavy atom. The first-order chi connectivity index (χ1) is 12.6. The molecule has 1 N–H and O–H groups in total. The summed E-state index contributed by atoms with van der Waals surface area (Å²) < 4.78 is 6.94. The van der Waals surface area contributed by atoms with E-state index >= 15 is 0 Å². The normalized spacial score (nSPS) is 10.9. The molecule has 1 amide bonds. The molecule has 26 heavy (non-hydrogen) atoms. The first-order valence-corrected chi connectivity index (χ1v) is 8.88. The standard InChI is InChI=1S/C20H24N4O2/c1-4-16-5-7-17(8-6-16)13-24-19(11-12-21-24)22-20(25)10-9-18-14(2)23-26-15(18)3/h5-8,11-12H,4,9-10,13H2,1-3H3,(H,22,25). The van der Waals surface area contributed by atoms with E-state index in [4.69, 9.17) is 4.52 Å². The van der Waals surface area contributed by atoms with Gasteiger partial charge in [0.05, 0.1) is 18.4 Å². The number of amides is 1. The highest BCUT2D eigenvalue weighted by atomic mass is 16.5. The fourth-order valence-electron chi connectivity index (χ4n) is 2.92. The number of aryl methyl sites for hydroxylation is 3. The van der Waals surface area contributed by atoms with Gasteiger partial charge in [-0.3, -0.25) is 4.79 Å². The highest BCUT2D eigenvalue weighted by molar-refractivity contribution is 5.90. The van der Waals surface area contributed by atoms with Crippen molar-refractivity contribution in [1.29, 1.82) is 0 Å². The van der Waals surface area contributed by atoms with Crippen molar-refractivity contribution in [2.75, 3.05) is 5.32 Å². The van der Waals surface area contributed by atoms with Gasteiger partial charge in [0.1, 0.15) is 11.6 Å². The summed E-state index contributed by atoms with van der Waals surface area (Å²) in [6.45, 7) is 6.52. The summed E-state index contributed by atoms with van der Waals surface area (Å²) in [5.74, 6) is 1.43. The number of anilines is 1. The van der Waals surface area contributed by atoms with Crippen LogP contribution in [0.25, 0.3) is 0 Å². The van der Waals surface area contributed by atoms with Crippen LogP contribution in [0.1, 0.15) is 41.5 Å². The van der Waals surface area contributed by atoms with Crippen LogP contribution in [-0.4, -0.2) is 20.8 Å². The summed E-state index contributed by atoms with van der Waals surface area (Å²) in [5, 5.41) is 11.2. The molecule has 2 aromatic heterocycles. The maximum absolute atomic E-state index is 12.3. The van der Waals surface area contributed by atoms with Crippen LogP contribution in [0.4, 0.5) is 5.82 Å². The highest BCUT2D eigenvalue weighted by Gasteiger charge is 2.13. The van der Waals surface area contributed by atoms with E-state index in [-0.39, 0.29) is 5.91 Å². The van der Waals surface area contributed by atoms with Crippen molar-refractivity contribution in [2.24, 2.45) is 0 Å². The fourth-order valence-corrected chi connectivity index (χ4v) is 2.92. The second-order valence-corrected chi connectivity index (χ2v) is 6.40. The number of aromatic nitrogens is 3. The number of carbonyl (C=O) groups is 1. The average Bonchev–Trinajstić information content (AvgIpc) is 3.20. The predicted octanol–water partition coefficient (Wildman–Crippen LogP) is 3.67. The maximum Gasteiger partial charge on any atom is 0.225 e. The maximum atomic E-state index is 12.3. The molecule has 2 heterocycles. The third-order valence-corrected chi connectivity index (χ3v) is 4.53. The third-order valence-electron chi connectivity index (χ3n) is 4.53. The first kappa shape index (κ1) is 17.9. The molecule has 0 unspecified atom stereocenters. The molecule has 0 spiro atoms. The van der Waals surface area contributed by atoms with Gasteiger partial charge in [-0.1, -0.05) is 36.3 Å². The lowest BCUT2D eigenvalue weighted by molar-refractivity contribution is -0.116. The number of hydrogen-bond donors (Lipinski definition) is 1. The molecule has 0 saturated carbocycles. The Kier molecular flexibility index (Phi) is 5.51. The summed E-state index contributed by atoms with van der Waals surface area (Å²) in [4.78, 5) is 12.3. The van der Waals surface area contributed by atoms with Crippen molar-refractivity contribution >= 4 is 11.7 Å². The van der Waals surface area contributed by atoms with Gasteiger partial charge < -0.3 is 9.84 Å². The molecule has 1 aromatic carbocycles. The molecule has 136 valence electrons. The smallest absolute Gasteiger partial charge is 0.225 e. The van der Waals surface area contributed by atoms with E-state index in [1.165, 1.54) is 5.56 Å². The van der Waals surface area contributed by atoms with Crippen LogP contribution in [-0.2, 0) is 24.2 Å². The van der Waals surface area contributed by atoms with Gasteiger partial charge in [-0.2, -0.15) is 5.10 Å². The minimum atomic E-state index is -0.0481. The van der Waals surface area contributed by atoms with E-state index < -0.39 is 0 Å². The molecule has 0 aliphatic heterocycles. The van der Waals surface area contributed by atoms with Gasteiger partial charge in [0.2, 0.25) is 5.91 Å². The number of nitrogens with one attached hydrogen (secondary N) is 1. The second-order valence-electron chi connectivity index (χ2n) is 6.40. The predicted molar refractivity (Wildman–Crippen MR) is 100 cm³/mol. The molecule has 0 aliphatic carbocycles. The zero-order chi connectivity index (χ0) is 18.5. The van der Waals surface area contributed by atoms with Gasteiger partial charge in [-0.15, -0.1) is 0 Å². The molecule has 0 aliphatic rings. The van der Waals surface area contributed by atoms with Gasteiger partial charge in [-0.25, -0.2) is 4.68 Å². The van der Waals surface area contributed by atoms with Gasteiger partial charge in [0, 0.05) is 18.1 Å². The Hall–Kier alpha value is -2.89. The molecule has 6 heteroatoms. The molecule has 0 radical (unpaired) electrons. The van der Waals surface area contributed by atoms with E-state index in [0.717, 1.165) is 29.0 Å². The molecular weight excluding hydrogens is 328 g/mol. The minimum absolute atomic E-state index is 0.0481. The number of nitrogens with zero attached hydrogens (tertiary/aromatic N) is 3. The van der Waals surface area contributed by atoms with Crippen LogP contribution < -0.4 is 5.32 Å². The van der Waals surface area contributed by atoms with Crippen LogP contribution in [0.5, 0.6) is 0 Å². The zero-order valence-corrected chi connectivity index (χ0v) is 15.5. The molecule has 3 aromatic rings. The second kappa shape index (κ2) is 7.99. The SMILES string of the molecule is CCc1ccc(Cn2nccc2NC(=O)CCc2c(C)noc2C)cc1. The van der Waals surface area contributed by atoms with Crippen molar-refractivity contribution in [3.8, 4) is 0 Å². The van der Waals surface area contributed by atoms with Gasteiger partial charge >= 0.3 is 0 Å². The Morgan fingerprint density at radius 1 is 1.15 bits per heavy atom. The van der Waals surface area contributed by atoms with Gasteiger partial charge in [-0.05, 0) is 37.8 Å². The highest BCUT2D eigenvalue weighted by Crippen LogP contribution is 2.16. The Labute approximate surface area is 153 Å². The Balaban J connectivity index is 1.60. The molecule has 0 bridgehead atoms. The van der Waals surface area contributed by atoms with Crippen LogP contribution in [0, 0.1) is 13.8 Å². The minimum Gasteiger partial charge on any atom is -0.361 e. The van der Waals surface area contributed by atoms with Crippen molar-refractivity contribution in [3.63, 3.8) is 0 Å². The van der Waals surface area contributed by atoms with E-state index in [1.807, 2.05) is 19.9 Å². The van der Waals surface area contributed by atoms with Crippen LogP contribution in [0.2, 0.25) is 0 Å². The largest absolute Gasteiger partial charge is 0.361 e. The lowest BCUT2D eigenvalue weighted by Crippen LogP contribution is -2.16. The van der Waals surface area contributed by atoms with E-state index in [1.54, 1.807) is 10.9 Å². The lowest BCUT2D eigenvalue weighted by Gasteiger charge is -2.10. The first-order valence-electron chi connectivity index (χ1n) is 8.88. The number of rotatable bonds is 7. The summed E-state index contributed by atoms with van der Waals surface area (Å²) in [7, 11) is 0. The molecule has 3 rings (SSSR count). The topological polar surface area (TPSA) is 73.0 Å². The van der Waals surface area contributed by atoms with Crippen molar-refractivity contribution in [2.45, 2.75) is 46.6 Å². The molecule has 0 atom stereocenters.